The van der Waals surface area contributed by atoms with Gasteiger partial charge in [-0.1, -0.05) is 36.2 Å². The molecule has 0 bridgehead atoms. The largest absolute Gasteiger partial charge is 0.373 e. The van der Waals surface area contributed by atoms with Gasteiger partial charge in [0.1, 0.15) is 18.0 Å². The SMILES string of the molecule is CCc1c(NC)ncnc1NC(C)c1ccc(Cl)cc1Cl. The van der Waals surface area contributed by atoms with Crippen LogP contribution in [0.1, 0.15) is 31.0 Å². The van der Waals surface area contributed by atoms with E-state index in [1.807, 2.05) is 26.1 Å². The molecule has 0 radical (unpaired) electrons. The van der Waals surface area contributed by atoms with E-state index in [0.717, 1.165) is 29.2 Å². The first kappa shape index (κ1) is 15.9. The van der Waals surface area contributed by atoms with E-state index in [4.69, 9.17) is 23.2 Å². The highest BCUT2D eigenvalue weighted by molar-refractivity contribution is 6.35. The van der Waals surface area contributed by atoms with Gasteiger partial charge in [-0.15, -0.1) is 0 Å². The second-order valence-electron chi connectivity index (χ2n) is 4.68. The lowest BCUT2D eigenvalue weighted by molar-refractivity contribution is 0.863. The van der Waals surface area contributed by atoms with Gasteiger partial charge in [-0.25, -0.2) is 9.97 Å². The number of nitrogens with one attached hydrogen (secondary N) is 2. The molecule has 0 saturated carbocycles. The maximum Gasteiger partial charge on any atom is 0.135 e. The maximum absolute atomic E-state index is 6.25. The van der Waals surface area contributed by atoms with Crippen LogP contribution in [0.25, 0.3) is 0 Å². The van der Waals surface area contributed by atoms with Crippen LogP contribution in [0.5, 0.6) is 0 Å². The number of hydrogen-bond donors (Lipinski definition) is 2. The van der Waals surface area contributed by atoms with Crippen molar-refractivity contribution in [1.29, 1.82) is 0 Å². The minimum atomic E-state index is 0.0136. The van der Waals surface area contributed by atoms with Crippen molar-refractivity contribution in [1.82, 2.24) is 9.97 Å². The lowest BCUT2D eigenvalue weighted by Gasteiger charge is -2.19. The van der Waals surface area contributed by atoms with Crippen LogP contribution in [0.4, 0.5) is 11.6 Å². The Kier molecular flexibility index (Phi) is 5.26. The summed E-state index contributed by atoms with van der Waals surface area (Å²) in [6.45, 7) is 4.11. The van der Waals surface area contributed by atoms with Crippen molar-refractivity contribution in [2.75, 3.05) is 17.7 Å². The van der Waals surface area contributed by atoms with E-state index in [1.165, 1.54) is 0 Å². The molecule has 1 heterocycles. The Morgan fingerprint density at radius 3 is 2.52 bits per heavy atom. The van der Waals surface area contributed by atoms with Crippen molar-refractivity contribution in [3.8, 4) is 0 Å². The molecule has 0 aliphatic rings. The zero-order valence-corrected chi connectivity index (χ0v) is 13.8. The van der Waals surface area contributed by atoms with Gasteiger partial charge >= 0.3 is 0 Å². The summed E-state index contributed by atoms with van der Waals surface area (Å²) >= 11 is 12.2. The maximum atomic E-state index is 6.25. The highest BCUT2D eigenvalue weighted by Gasteiger charge is 2.14. The Morgan fingerprint density at radius 1 is 1.19 bits per heavy atom. The smallest absolute Gasteiger partial charge is 0.135 e. The molecule has 1 aromatic carbocycles. The molecule has 0 aliphatic heterocycles. The first-order chi connectivity index (χ1) is 10.1. The van der Waals surface area contributed by atoms with Crippen molar-refractivity contribution >= 4 is 34.8 Å². The summed E-state index contributed by atoms with van der Waals surface area (Å²) in [4.78, 5) is 8.57. The van der Waals surface area contributed by atoms with Crippen LogP contribution in [0.2, 0.25) is 10.0 Å². The Morgan fingerprint density at radius 2 is 1.90 bits per heavy atom. The lowest BCUT2D eigenvalue weighted by Crippen LogP contribution is -2.12. The van der Waals surface area contributed by atoms with Gasteiger partial charge in [0, 0.05) is 22.7 Å². The zero-order chi connectivity index (χ0) is 15.4. The summed E-state index contributed by atoms with van der Waals surface area (Å²) in [5, 5.41) is 7.75. The van der Waals surface area contributed by atoms with Crippen LogP contribution in [-0.4, -0.2) is 17.0 Å². The molecule has 2 aromatic rings. The van der Waals surface area contributed by atoms with E-state index in [2.05, 4.69) is 27.5 Å². The molecule has 112 valence electrons. The minimum absolute atomic E-state index is 0.0136. The lowest BCUT2D eigenvalue weighted by atomic mass is 10.1. The van der Waals surface area contributed by atoms with Crippen LogP contribution in [0, 0.1) is 0 Å². The van der Waals surface area contributed by atoms with Crippen LogP contribution in [0.3, 0.4) is 0 Å². The number of hydrogen-bond acceptors (Lipinski definition) is 4. The zero-order valence-electron chi connectivity index (χ0n) is 12.2. The molecule has 0 saturated heterocycles. The quantitative estimate of drug-likeness (QED) is 0.846. The van der Waals surface area contributed by atoms with E-state index >= 15 is 0 Å². The molecule has 6 heteroatoms. The van der Waals surface area contributed by atoms with E-state index < -0.39 is 0 Å². The van der Waals surface area contributed by atoms with Gasteiger partial charge in [0.15, 0.2) is 0 Å². The van der Waals surface area contributed by atoms with E-state index in [-0.39, 0.29) is 6.04 Å². The third-order valence-corrected chi connectivity index (χ3v) is 3.88. The Hall–Kier alpha value is -1.52. The van der Waals surface area contributed by atoms with Gasteiger partial charge in [-0.05, 0) is 31.0 Å². The van der Waals surface area contributed by atoms with Crippen LogP contribution in [0.15, 0.2) is 24.5 Å². The standard InChI is InChI=1S/C15H18Cl2N4/c1-4-11-14(18-3)19-8-20-15(11)21-9(2)12-6-5-10(16)7-13(12)17/h5-9H,4H2,1-3H3,(H2,18,19,20,21). The van der Waals surface area contributed by atoms with Crippen LogP contribution in [-0.2, 0) is 6.42 Å². The van der Waals surface area contributed by atoms with Gasteiger partial charge in [0.05, 0.1) is 6.04 Å². The van der Waals surface area contributed by atoms with E-state index in [0.29, 0.717) is 10.0 Å². The van der Waals surface area contributed by atoms with Crippen molar-refractivity contribution < 1.29 is 0 Å². The molecule has 4 nitrogen and oxygen atoms in total. The second kappa shape index (κ2) is 6.96. The van der Waals surface area contributed by atoms with Gasteiger partial charge < -0.3 is 10.6 Å². The Labute approximate surface area is 134 Å². The van der Waals surface area contributed by atoms with Gasteiger partial charge in [0.25, 0.3) is 0 Å². The number of anilines is 2. The van der Waals surface area contributed by atoms with Crippen molar-refractivity contribution in [3.05, 3.63) is 45.7 Å². The monoisotopic (exact) mass is 324 g/mol. The number of rotatable bonds is 5. The predicted octanol–water partition coefficient (Wildman–Crippen LogP) is 4.56. The fourth-order valence-electron chi connectivity index (χ4n) is 2.22. The number of halogens is 2. The van der Waals surface area contributed by atoms with Gasteiger partial charge in [0.2, 0.25) is 0 Å². The fourth-order valence-corrected chi connectivity index (χ4v) is 2.79. The predicted molar refractivity (Wildman–Crippen MR) is 89.5 cm³/mol. The topological polar surface area (TPSA) is 49.8 Å². The highest BCUT2D eigenvalue weighted by atomic mass is 35.5. The Bertz CT molecular complexity index is 631. The second-order valence-corrected chi connectivity index (χ2v) is 5.53. The molecule has 21 heavy (non-hydrogen) atoms. The molecule has 1 unspecified atom stereocenters. The number of nitrogens with zero attached hydrogens (tertiary/aromatic N) is 2. The molecule has 0 spiro atoms. The van der Waals surface area contributed by atoms with Gasteiger partial charge in [-0.2, -0.15) is 0 Å². The molecule has 2 N–H and O–H groups in total. The molecular weight excluding hydrogens is 307 g/mol. The first-order valence-electron chi connectivity index (χ1n) is 6.79. The molecular formula is C15H18Cl2N4. The van der Waals surface area contributed by atoms with Gasteiger partial charge in [-0.3, -0.25) is 0 Å². The summed E-state index contributed by atoms with van der Waals surface area (Å²) in [6.07, 6.45) is 2.38. The summed E-state index contributed by atoms with van der Waals surface area (Å²) in [7, 11) is 1.85. The normalized spacial score (nSPS) is 12.0. The molecule has 1 atom stereocenters. The summed E-state index contributed by atoms with van der Waals surface area (Å²) in [6, 6.07) is 5.52. The number of benzene rings is 1. The van der Waals surface area contributed by atoms with Crippen molar-refractivity contribution in [2.24, 2.45) is 0 Å². The summed E-state index contributed by atoms with van der Waals surface area (Å²) in [5.41, 5.74) is 2.03. The molecule has 0 aliphatic carbocycles. The van der Waals surface area contributed by atoms with Crippen LogP contribution < -0.4 is 10.6 Å². The third kappa shape index (κ3) is 3.57. The number of aromatic nitrogens is 2. The van der Waals surface area contributed by atoms with Crippen molar-refractivity contribution in [3.63, 3.8) is 0 Å². The first-order valence-corrected chi connectivity index (χ1v) is 7.55. The summed E-state index contributed by atoms with van der Waals surface area (Å²) in [5.74, 6) is 1.65. The average Bonchev–Trinajstić information content (AvgIpc) is 2.46. The highest BCUT2D eigenvalue weighted by Crippen LogP contribution is 2.30. The average molecular weight is 325 g/mol. The Balaban J connectivity index is 2.29. The van der Waals surface area contributed by atoms with E-state index in [9.17, 15) is 0 Å². The molecule has 2 rings (SSSR count). The molecule has 0 amide bonds. The third-order valence-electron chi connectivity index (χ3n) is 3.32. The minimum Gasteiger partial charge on any atom is -0.373 e. The molecule has 1 aromatic heterocycles. The fraction of sp³-hybridized carbons (Fsp3) is 0.333. The van der Waals surface area contributed by atoms with Crippen molar-refractivity contribution in [2.45, 2.75) is 26.3 Å². The molecule has 0 fully saturated rings. The van der Waals surface area contributed by atoms with E-state index in [1.54, 1.807) is 12.4 Å². The van der Waals surface area contributed by atoms with Crippen LogP contribution >= 0.6 is 23.2 Å². The summed E-state index contributed by atoms with van der Waals surface area (Å²) < 4.78 is 0.